The molecule has 0 spiro atoms. The molecule has 1 atom stereocenters. The number of amides is 1. The van der Waals surface area contributed by atoms with Crippen LogP contribution in [0.2, 0.25) is 0 Å². The minimum Gasteiger partial charge on any atom is -0.335 e. The summed E-state index contributed by atoms with van der Waals surface area (Å²) in [6.45, 7) is 5.53. The van der Waals surface area contributed by atoms with Crippen molar-refractivity contribution in [3.05, 3.63) is 47.7 Å². The minimum absolute atomic E-state index is 0.000344. The first kappa shape index (κ1) is 14.0. The fourth-order valence-corrected chi connectivity index (χ4v) is 3.53. The second-order valence-electron chi connectivity index (χ2n) is 6.13. The van der Waals surface area contributed by atoms with Gasteiger partial charge < -0.3 is 9.47 Å². The highest BCUT2D eigenvalue weighted by atomic mass is 16.2. The molecular formula is C17H19N5O. The van der Waals surface area contributed by atoms with E-state index in [0.717, 1.165) is 35.4 Å². The fourth-order valence-electron chi connectivity index (χ4n) is 3.53. The van der Waals surface area contributed by atoms with E-state index in [1.807, 2.05) is 42.3 Å². The van der Waals surface area contributed by atoms with Gasteiger partial charge in [-0.05, 0) is 26.3 Å². The van der Waals surface area contributed by atoms with Crippen LogP contribution >= 0.6 is 0 Å². The van der Waals surface area contributed by atoms with E-state index in [-0.39, 0.29) is 5.91 Å². The molecule has 4 rings (SSSR count). The average Bonchev–Trinajstić information content (AvgIpc) is 3.25. The molecule has 1 aliphatic rings. The third-order valence-electron chi connectivity index (χ3n) is 4.66. The molecule has 0 aliphatic carbocycles. The van der Waals surface area contributed by atoms with E-state index >= 15 is 0 Å². The standard InChI is InChI=1S/C17H19N5O/c1-11-9-18-12(2)22(11)13-7-8-21(10-13)17(23)16-14-5-3-4-6-15(14)19-20-16/h3-6,9,13H,7-8,10H2,1-2H3,(H,19,20). The molecule has 1 amide bonds. The van der Waals surface area contributed by atoms with E-state index in [1.54, 1.807) is 0 Å². The van der Waals surface area contributed by atoms with Crippen molar-refractivity contribution in [2.24, 2.45) is 0 Å². The number of fused-ring (bicyclic) bond motifs is 1. The van der Waals surface area contributed by atoms with Crippen LogP contribution in [0.3, 0.4) is 0 Å². The Morgan fingerprint density at radius 2 is 2.13 bits per heavy atom. The Morgan fingerprint density at radius 3 is 2.91 bits per heavy atom. The topological polar surface area (TPSA) is 66.8 Å². The molecule has 1 fully saturated rings. The average molecular weight is 309 g/mol. The number of imidazole rings is 1. The summed E-state index contributed by atoms with van der Waals surface area (Å²) in [5.41, 5.74) is 2.56. The Balaban J connectivity index is 1.59. The summed E-state index contributed by atoms with van der Waals surface area (Å²) < 4.78 is 2.23. The van der Waals surface area contributed by atoms with Gasteiger partial charge in [-0.15, -0.1) is 0 Å². The van der Waals surface area contributed by atoms with Crippen LogP contribution in [0.15, 0.2) is 30.5 Å². The van der Waals surface area contributed by atoms with E-state index < -0.39 is 0 Å². The van der Waals surface area contributed by atoms with Gasteiger partial charge in [0.25, 0.3) is 5.91 Å². The highest BCUT2D eigenvalue weighted by molar-refractivity contribution is 6.04. The molecule has 6 nitrogen and oxygen atoms in total. The maximum absolute atomic E-state index is 12.8. The molecule has 1 unspecified atom stereocenters. The highest BCUT2D eigenvalue weighted by Gasteiger charge is 2.31. The van der Waals surface area contributed by atoms with Crippen molar-refractivity contribution in [2.45, 2.75) is 26.3 Å². The smallest absolute Gasteiger partial charge is 0.275 e. The number of nitrogens with zero attached hydrogens (tertiary/aromatic N) is 4. The van der Waals surface area contributed by atoms with E-state index in [0.29, 0.717) is 18.3 Å². The summed E-state index contributed by atoms with van der Waals surface area (Å²) in [5, 5.41) is 8.05. The van der Waals surface area contributed by atoms with Crippen LogP contribution in [0.25, 0.3) is 10.9 Å². The molecule has 6 heteroatoms. The third kappa shape index (κ3) is 2.21. The monoisotopic (exact) mass is 309 g/mol. The van der Waals surface area contributed by atoms with Crippen LogP contribution < -0.4 is 0 Å². The maximum Gasteiger partial charge on any atom is 0.275 e. The van der Waals surface area contributed by atoms with Crippen molar-refractivity contribution in [1.82, 2.24) is 24.6 Å². The molecule has 1 saturated heterocycles. The van der Waals surface area contributed by atoms with Crippen LogP contribution in [0.1, 0.15) is 34.5 Å². The number of aromatic nitrogens is 4. The molecule has 0 bridgehead atoms. The fraction of sp³-hybridized carbons (Fsp3) is 0.353. The maximum atomic E-state index is 12.8. The van der Waals surface area contributed by atoms with Gasteiger partial charge in [-0.25, -0.2) is 4.98 Å². The Morgan fingerprint density at radius 1 is 1.30 bits per heavy atom. The number of carbonyl (C=O) groups is 1. The van der Waals surface area contributed by atoms with Gasteiger partial charge in [-0.3, -0.25) is 9.89 Å². The number of para-hydroxylation sites is 1. The van der Waals surface area contributed by atoms with Crippen LogP contribution in [0.5, 0.6) is 0 Å². The summed E-state index contributed by atoms with van der Waals surface area (Å²) in [5.74, 6) is 1.01. The number of hydrogen-bond donors (Lipinski definition) is 1. The predicted octanol–water partition coefficient (Wildman–Crippen LogP) is 2.46. The molecule has 3 aromatic rings. The molecule has 0 radical (unpaired) electrons. The van der Waals surface area contributed by atoms with Crippen molar-refractivity contribution in [3.63, 3.8) is 0 Å². The zero-order valence-corrected chi connectivity index (χ0v) is 13.3. The molecule has 3 heterocycles. The first-order chi connectivity index (χ1) is 11.1. The van der Waals surface area contributed by atoms with E-state index in [2.05, 4.69) is 26.7 Å². The lowest BCUT2D eigenvalue weighted by molar-refractivity contribution is 0.0783. The molecule has 1 N–H and O–H groups in total. The summed E-state index contributed by atoms with van der Waals surface area (Å²) in [6.07, 6.45) is 2.84. The molecule has 0 saturated carbocycles. The van der Waals surface area contributed by atoms with Crippen molar-refractivity contribution in [3.8, 4) is 0 Å². The van der Waals surface area contributed by atoms with Crippen LogP contribution in [-0.2, 0) is 0 Å². The molecule has 2 aromatic heterocycles. The van der Waals surface area contributed by atoms with Gasteiger partial charge >= 0.3 is 0 Å². The Bertz CT molecular complexity index is 859. The number of hydrogen-bond acceptors (Lipinski definition) is 3. The van der Waals surface area contributed by atoms with Gasteiger partial charge in [0.2, 0.25) is 0 Å². The Kier molecular flexibility index (Phi) is 3.18. The largest absolute Gasteiger partial charge is 0.335 e. The number of carbonyl (C=O) groups excluding carboxylic acids is 1. The van der Waals surface area contributed by atoms with Gasteiger partial charge in [-0.1, -0.05) is 18.2 Å². The van der Waals surface area contributed by atoms with Gasteiger partial charge in [0.1, 0.15) is 5.82 Å². The SMILES string of the molecule is Cc1cnc(C)n1C1CCN(C(=O)c2n[nH]c3ccccc23)C1. The van der Waals surface area contributed by atoms with E-state index in [9.17, 15) is 4.79 Å². The van der Waals surface area contributed by atoms with Crippen molar-refractivity contribution >= 4 is 16.8 Å². The number of likely N-dealkylation sites (tertiary alicyclic amines) is 1. The van der Waals surface area contributed by atoms with Crippen molar-refractivity contribution < 1.29 is 4.79 Å². The Labute approximate surface area is 134 Å². The predicted molar refractivity (Wildman–Crippen MR) is 87.4 cm³/mol. The first-order valence-corrected chi connectivity index (χ1v) is 7.88. The summed E-state index contributed by atoms with van der Waals surface area (Å²) in [6, 6.07) is 8.03. The lowest BCUT2D eigenvalue weighted by Gasteiger charge is -2.18. The number of aromatic amines is 1. The number of rotatable bonds is 2. The first-order valence-electron chi connectivity index (χ1n) is 7.88. The van der Waals surface area contributed by atoms with Crippen LogP contribution in [0.4, 0.5) is 0 Å². The van der Waals surface area contributed by atoms with E-state index in [1.165, 1.54) is 0 Å². The third-order valence-corrected chi connectivity index (χ3v) is 4.66. The minimum atomic E-state index is 0.000344. The van der Waals surface area contributed by atoms with Crippen LogP contribution in [-0.4, -0.2) is 43.6 Å². The highest BCUT2D eigenvalue weighted by Crippen LogP contribution is 2.27. The summed E-state index contributed by atoms with van der Waals surface area (Å²) >= 11 is 0. The zero-order valence-electron chi connectivity index (χ0n) is 13.3. The van der Waals surface area contributed by atoms with Crippen molar-refractivity contribution in [2.75, 3.05) is 13.1 Å². The molecule has 23 heavy (non-hydrogen) atoms. The summed E-state index contributed by atoms with van der Waals surface area (Å²) in [4.78, 5) is 19.1. The normalized spacial score (nSPS) is 18.0. The van der Waals surface area contributed by atoms with Crippen LogP contribution in [0, 0.1) is 13.8 Å². The lowest BCUT2D eigenvalue weighted by atomic mass is 10.2. The van der Waals surface area contributed by atoms with E-state index in [4.69, 9.17) is 0 Å². The second-order valence-corrected chi connectivity index (χ2v) is 6.13. The van der Waals surface area contributed by atoms with Gasteiger partial charge in [0.15, 0.2) is 5.69 Å². The van der Waals surface area contributed by atoms with Gasteiger partial charge in [0, 0.05) is 30.4 Å². The lowest BCUT2D eigenvalue weighted by Crippen LogP contribution is -2.29. The number of benzene rings is 1. The number of aryl methyl sites for hydroxylation is 2. The molecular weight excluding hydrogens is 290 g/mol. The van der Waals surface area contributed by atoms with Crippen molar-refractivity contribution in [1.29, 1.82) is 0 Å². The summed E-state index contributed by atoms with van der Waals surface area (Å²) in [7, 11) is 0. The molecule has 1 aliphatic heterocycles. The second kappa shape index (κ2) is 5.22. The molecule has 1 aromatic carbocycles. The van der Waals surface area contributed by atoms with Gasteiger partial charge in [-0.2, -0.15) is 5.10 Å². The zero-order chi connectivity index (χ0) is 16.0. The van der Waals surface area contributed by atoms with Gasteiger partial charge in [0.05, 0.1) is 11.6 Å². The molecule has 118 valence electrons. The number of nitrogens with one attached hydrogen (secondary N) is 1. The Hall–Kier alpha value is -2.63. The number of H-pyrrole nitrogens is 1. The quantitative estimate of drug-likeness (QED) is 0.791.